The molecule has 2 N–H and O–H groups in total. The summed E-state index contributed by atoms with van der Waals surface area (Å²) < 4.78 is 30.0. The fourth-order valence-electron chi connectivity index (χ4n) is 16.7. The fraction of sp³-hybridized carbons (Fsp3) is 0.864. The topological polar surface area (TPSA) is 150 Å². The van der Waals surface area contributed by atoms with Crippen LogP contribution in [0.15, 0.2) is 24.3 Å². The largest absolute Gasteiger partial charge is 0.445 e. The first kappa shape index (κ1) is 57.8. The lowest BCUT2D eigenvalue weighted by molar-refractivity contribution is -0.214. The number of rotatable bonds is 14. The monoisotopic (exact) mass is 995 g/mol. The quantitative estimate of drug-likeness (QED) is 0.126. The van der Waals surface area contributed by atoms with Gasteiger partial charge in [-0.3, -0.25) is 19.7 Å². The van der Waals surface area contributed by atoms with E-state index in [-0.39, 0.29) is 101 Å². The smallest absolute Gasteiger partial charge is 0.414 e. The molecule has 0 radical (unpaired) electrons. The third kappa shape index (κ3) is 10.7. The van der Waals surface area contributed by atoms with Gasteiger partial charge in [0.1, 0.15) is 31.3 Å². The first-order valence-corrected chi connectivity index (χ1v) is 28.0. The molecule has 1 heterocycles. The maximum atomic E-state index is 13.9. The van der Waals surface area contributed by atoms with Gasteiger partial charge in [0, 0.05) is 67.1 Å². The molecular weight excluding hydrogens is 897 g/mol. The average molecular weight is 995 g/mol. The van der Waals surface area contributed by atoms with Gasteiger partial charge in [0.05, 0.1) is 24.2 Å². The number of nitrogens with one attached hydrogen (secondary N) is 1. The molecule has 7 fully saturated rings. The molecule has 6 aliphatic carbocycles. The van der Waals surface area contributed by atoms with Crippen LogP contribution in [-0.4, -0.2) is 106 Å². The van der Waals surface area contributed by atoms with E-state index in [2.05, 4.69) is 111 Å². The number of unbranched alkanes of at least 4 members (excludes halogenated alkanes) is 2. The van der Waals surface area contributed by atoms with Gasteiger partial charge >= 0.3 is 6.09 Å². The summed E-state index contributed by atoms with van der Waals surface area (Å²) in [7, 11) is 5.30. The van der Waals surface area contributed by atoms with Gasteiger partial charge in [0.25, 0.3) is 0 Å². The zero-order chi connectivity index (χ0) is 52.3. The van der Waals surface area contributed by atoms with Crippen molar-refractivity contribution in [3.8, 4) is 0 Å². The number of amides is 2. The number of methoxy groups -OCH3 is 2. The Balaban J connectivity index is 0.000000249. The number of nitrogens with zero attached hydrogens (tertiary/aromatic N) is 1. The van der Waals surface area contributed by atoms with Crippen LogP contribution in [0.1, 0.15) is 172 Å². The van der Waals surface area contributed by atoms with E-state index in [1.165, 1.54) is 0 Å². The van der Waals surface area contributed by atoms with Crippen LogP contribution in [0.5, 0.6) is 0 Å². The van der Waals surface area contributed by atoms with E-state index in [1.807, 2.05) is 7.05 Å². The highest BCUT2D eigenvalue weighted by Crippen LogP contribution is 2.70. The minimum Gasteiger partial charge on any atom is -0.445 e. The molecule has 4 unspecified atom stereocenters. The normalized spacial score (nSPS) is 44.7. The van der Waals surface area contributed by atoms with Crippen molar-refractivity contribution in [1.29, 1.82) is 0 Å². The molecule has 18 atom stereocenters. The molecule has 0 spiro atoms. The molecule has 12 heteroatoms. The Labute approximate surface area is 429 Å². The molecule has 0 aromatic rings. The van der Waals surface area contributed by atoms with E-state index >= 15 is 0 Å². The zero-order valence-electron chi connectivity index (χ0n) is 46.7. The number of alkyl carbamates (subject to hydrolysis) is 1. The van der Waals surface area contributed by atoms with Gasteiger partial charge in [-0.15, -0.1) is 0 Å². The molecule has 71 heavy (non-hydrogen) atoms. The summed E-state index contributed by atoms with van der Waals surface area (Å²) in [5.74, 6) is 0.819. The Hall–Kier alpha value is -2.48. The van der Waals surface area contributed by atoms with Crippen LogP contribution in [0.3, 0.4) is 0 Å². The molecule has 4 bridgehead atoms. The van der Waals surface area contributed by atoms with E-state index in [1.54, 1.807) is 14.2 Å². The van der Waals surface area contributed by atoms with Gasteiger partial charge in [-0.05, 0) is 125 Å². The molecule has 1 aliphatic heterocycles. The highest BCUT2D eigenvalue weighted by Gasteiger charge is 2.70. The van der Waals surface area contributed by atoms with E-state index in [9.17, 15) is 24.3 Å². The standard InChI is InChI=1S/C34H56N2O6.C25H42O4/c1-9-10-11-15-32(5)19-27(42-31(39)35-30(38)25-20-36(7)18-14-22(25)2)33(6)23(3)12-16-34(17-13-26(37)28(33)34)24(4)29(32)41-21-40-8;1-7-8-9-12-23(4)15-20(27)24(5)17(2)10-13-25(14-11-19(26)21(24)25)18(3)22(23)29-16-28-6/h11,15,22-25,27-29H,9-10,12-14,16-21H2,1-8H3,(H,35,38,39);9,12,17-18,20-22,27H,7-8,10-11,13-16H2,1-6H3/t22-,23+,24-,25-,27+,28?,29-,32+,33-,34?;17-,18+,20-,21?,22+,23-,24+,25?/m01/s1. The molecule has 1 saturated heterocycles. The SMILES string of the molecule is CCCC=C[C@]1(C)C[C@@H](O)[C@@]2(C)C3C(=O)CCC3(CC[C@H]2C)[C@@H](C)[C@@H]1OCOC.CCCC=C[C@]1(C)C[C@@H](OC(=O)NC(=O)[C@H]2CN(C)CC[C@@H]2C)[C@@]2(C)C3C(=O)CCC3(CC[C@H]2C)[C@@H](C)[C@@H]1OCOC. The predicted molar refractivity (Wildman–Crippen MR) is 278 cm³/mol. The number of hydrogen-bond acceptors (Lipinski definition) is 11. The number of ketones is 2. The molecule has 7 rings (SSSR count). The van der Waals surface area contributed by atoms with Crippen molar-refractivity contribution in [2.75, 3.05) is 47.9 Å². The van der Waals surface area contributed by atoms with E-state index in [0.29, 0.717) is 43.9 Å². The summed E-state index contributed by atoms with van der Waals surface area (Å²) in [5, 5.41) is 14.3. The molecule has 7 aliphatic rings. The number of likely N-dealkylation sites (tertiary alicyclic amines) is 1. The van der Waals surface area contributed by atoms with Crippen LogP contribution in [0, 0.1) is 79.8 Å². The van der Waals surface area contributed by atoms with Crippen molar-refractivity contribution in [2.45, 2.75) is 197 Å². The lowest BCUT2D eigenvalue weighted by Crippen LogP contribution is -2.63. The number of piperidine rings is 1. The third-order valence-corrected chi connectivity index (χ3v) is 21.2. The summed E-state index contributed by atoms with van der Waals surface area (Å²) in [6.07, 6.45) is 20.0. The number of hydrogen-bond donors (Lipinski definition) is 2. The van der Waals surface area contributed by atoms with E-state index in [0.717, 1.165) is 77.2 Å². The van der Waals surface area contributed by atoms with Gasteiger partial charge in [-0.2, -0.15) is 0 Å². The lowest BCUT2D eigenvalue weighted by Gasteiger charge is -2.62. The number of carbonyl (C=O) groups excluding carboxylic acids is 4. The highest BCUT2D eigenvalue weighted by atomic mass is 16.7. The van der Waals surface area contributed by atoms with E-state index < -0.39 is 29.1 Å². The second kappa shape index (κ2) is 23.2. The van der Waals surface area contributed by atoms with Gasteiger partial charge in [0.15, 0.2) is 0 Å². The van der Waals surface area contributed by atoms with Crippen molar-refractivity contribution in [1.82, 2.24) is 10.2 Å². The number of aliphatic hydroxyl groups excluding tert-OH is 1. The summed E-state index contributed by atoms with van der Waals surface area (Å²) >= 11 is 0. The minimum absolute atomic E-state index is 0.0680. The second-order valence-corrected chi connectivity index (χ2v) is 25.3. The predicted octanol–water partition coefficient (Wildman–Crippen LogP) is 11.1. The molecular formula is C59H98N2O10. The summed E-state index contributed by atoms with van der Waals surface area (Å²) in [6, 6.07) is 0. The fourth-order valence-corrected chi connectivity index (χ4v) is 16.7. The molecule has 404 valence electrons. The van der Waals surface area contributed by atoms with Gasteiger partial charge < -0.3 is 33.7 Å². The maximum absolute atomic E-state index is 13.9. The van der Waals surface area contributed by atoms with Crippen LogP contribution in [0.25, 0.3) is 0 Å². The van der Waals surface area contributed by atoms with Crippen molar-refractivity contribution in [2.24, 2.45) is 79.8 Å². The number of carbonyl (C=O) groups is 4. The molecule has 12 nitrogen and oxygen atoms in total. The number of aliphatic hydroxyl groups is 1. The highest BCUT2D eigenvalue weighted by molar-refractivity contribution is 5.93. The van der Waals surface area contributed by atoms with Crippen LogP contribution < -0.4 is 5.32 Å². The van der Waals surface area contributed by atoms with Crippen molar-refractivity contribution >= 4 is 23.6 Å². The molecule has 0 aromatic heterocycles. The lowest BCUT2D eigenvalue weighted by atomic mass is 9.44. The van der Waals surface area contributed by atoms with Gasteiger partial charge in [-0.1, -0.05) is 113 Å². The van der Waals surface area contributed by atoms with E-state index in [4.69, 9.17) is 23.7 Å². The first-order chi connectivity index (χ1) is 33.5. The number of imide groups is 1. The molecule has 0 aromatic carbocycles. The average Bonchev–Trinajstić information content (AvgIpc) is 3.87. The number of Topliss-reactive ketones (excluding diaryl/α,β-unsaturated/α-hetero) is 2. The van der Waals surface area contributed by atoms with Crippen molar-refractivity contribution in [3.63, 3.8) is 0 Å². The molecule has 6 saturated carbocycles. The Morgan fingerprint density at radius 1 is 0.718 bits per heavy atom. The van der Waals surface area contributed by atoms with Crippen molar-refractivity contribution in [3.05, 3.63) is 24.3 Å². The Morgan fingerprint density at radius 3 is 1.69 bits per heavy atom. The number of ether oxygens (including phenoxy) is 5. The first-order valence-electron chi connectivity index (χ1n) is 28.0. The Bertz CT molecular complexity index is 1920. The van der Waals surface area contributed by atoms with Gasteiger partial charge in [0.2, 0.25) is 5.91 Å². The summed E-state index contributed by atoms with van der Waals surface area (Å²) in [6.45, 7) is 26.2. The maximum Gasteiger partial charge on any atom is 0.414 e. The summed E-state index contributed by atoms with van der Waals surface area (Å²) in [4.78, 5) is 56.1. The van der Waals surface area contributed by atoms with Crippen LogP contribution >= 0.6 is 0 Å². The van der Waals surface area contributed by atoms with Crippen molar-refractivity contribution < 1.29 is 48.0 Å². The summed E-state index contributed by atoms with van der Waals surface area (Å²) in [5.41, 5.74) is -2.04. The Morgan fingerprint density at radius 2 is 1.20 bits per heavy atom. The zero-order valence-corrected chi connectivity index (χ0v) is 46.7. The molecule has 2 amide bonds. The van der Waals surface area contributed by atoms with Crippen LogP contribution in [-0.2, 0) is 38.1 Å². The van der Waals surface area contributed by atoms with Gasteiger partial charge in [-0.25, -0.2) is 4.79 Å². The number of allylic oxidation sites excluding steroid dienone is 2. The second-order valence-electron chi connectivity index (χ2n) is 25.3. The minimum atomic E-state index is -0.705. The van der Waals surface area contributed by atoms with Crippen LogP contribution in [0.4, 0.5) is 4.79 Å². The van der Waals surface area contributed by atoms with Crippen LogP contribution in [0.2, 0.25) is 0 Å². The third-order valence-electron chi connectivity index (χ3n) is 21.2. The Kier molecular flexibility index (Phi) is 18.9.